The molecule has 1 aliphatic rings. The molecule has 1 aliphatic heterocycles. The molecule has 0 bridgehead atoms. The molecule has 3 heterocycles. The van der Waals surface area contributed by atoms with Crippen molar-refractivity contribution in [3.05, 3.63) is 62.4 Å². The molecule has 1 aromatic carbocycles. The fourth-order valence-corrected chi connectivity index (χ4v) is 4.55. The summed E-state index contributed by atoms with van der Waals surface area (Å²) < 4.78 is 7.66. The number of hydrogen-bond acceptors (Lipinski definition) is 5. The van der Waals surface area contributed by atoms with Gasteiger partial charge in [-0.15, -0.1) is 22.7 Å². The van der Waals surface area contributed by atoms with E-state index in [1.807, 2.05) is 29.1 Å². The van der Waals surface area contributed by atoms with Crippen molar-refractivity contribution in [1.82, 2.24) is 4.68 Å². The largest absolute Gasteiger partial charge is 0.376 e. The molecule has 0 radical (unpaired) electrons. The Morgan fingerprint density at radius 2 is 2.12 bits per heavy atom. The number of thiazole rings is 1. The van der Waals surface area contributed by atoms with Gasteiger partial charge in [-0.3, -0.25) is 4.99 Å². The van der Waals surface area contributed by atoms with Gasteiger partial charge in [0.1, 0.15) is 0 Å². The molecule has 0 saturated carbocycles. The lowest BCUT2D eigenvalue weighted by Gasteiger charge is -2.05. The van der Waals surface area contributed by atoms with Gasteiger partial charge < -0.3 is 4.74 Å². The highest BCUT2D eigenvalue weighted by molar-refractivity contribution is 7.11. The molecular formula is C20H21N3OS2. The summed E-state index contributed by atoms with van der Waals surface area (Å²) >= 11 is 3.33. The predicted octanol–water partition coefficient (Wildman–Crippen LogP) is 4.55. The van der Waals surface area contributed by atoms with Crippen molar-refractivity contribution in [2.24, 2.45) is 10.1 Å². The van der Waals surface area contributed by atoms with E-state index in [4.69, 9.17) is 14.8 Å². The lowest BCUT2D eigenvalue weighted by Crippen LogP contribution is -2.17. The van der Waals surface area contributed by atoms with Crippen LogP contribution in [0.4, 0.5) is 0 Å². The van der Waals surface area contributed by atoms with Crippen molar-refractivity contribution in [2.45, 2.75) is 25.9 Å². The van der Waals surface area contributed by atoms with E-state index in [1.54, 1.807) is 22.7 Å². The molecule has 0 spiro atoms. The summed E-state index contributed by atoms with van der Waals surface area (Å²) in [5, 5.41) is 8.99. The van der Waals surface area contributed by atoms with Crippen LogP contribution < -0.4 is 4.80 Å². The number of nitrogens with zero attached hydrogens (tertiary/aromatic N) is 3. The molecule has 0 amide bonds. The Kier molecular flexibility index (Phi) is 5.43. The first-order valence-corrected chi connectivity index (χ1v) is 10.5. The highest BCUT2D eigenvalue weighted by atomic mass is 32.1. The highest BCUT2D eigenvalue weighted by Crippen LogP contribution is 2.20. The maximum Gasteiger partial charge on any atom is 0.206 e. The van der Waals surface area contributed by atoms with Crippen LogP contribution in [0.3, 0.4) is 0 Å². The summed E-state index contributed by atoms with van der Waals surface area (Å²) in [5.74, 6) is 0. The fraction of sp³-hybridized carbons (Fsp3) is 0.300. The Morgan fingerprint density at radius 3 is 2.85 bits per heavy atom. The zero-order valence-electron chi connectivity index (χ0n) is 14.7. The zero-order chi connectivity index (χ0) is 17.8. The molecule has 0 unspecified atom stereocenters. The molecule has 134 valence electrons. The van der Waals surface area contributed by atoms with Crippen molar-refractivity contribution in [3.63, 3.8) is 0 Å². The molecule has 4 nitrogen and oxygen atoms in total. The second-order valence-corrected chi connectivity index (χ2v) is 8.05. The Hall–Kier alpha value is -2.02. The van der Waals surface area contributed by atoms with Crippen LogP contribution in [-0.4, -0.2) is 30.1 Å². The normalized spacial score (nSPS) is 18.2. The first-order chi connectivity index (χ1) is 12.8. The van der Waals surface area contributed by atoms with Crippen LogP contribution in [-0.2, 0) is 4.74 Å². The second kappa shape index (κ2) is 8.12. The van der Waals surface area contributed by atoms with E-state index in [2.05, 4.69) is 35.9 Å². The average molecular weight is 384 g/mol. The van der Waals surface area contributed by atoms with E-state index in [1.165, 1.54) is 10.4 Å². The minimum Gasteiger partial charge on any atom is -0.376 e. The maximum atomic E-state index is 5.71. The first kappa shape index (κ1) is 17.4. The van der Waals surface area contributed by atoms with Crippen molar-refractivity contribution in [2.75, 3.05) is 13.2 Å². The SMILES string of the molecule is Cc1ccsc1/C=N\n1c(-c2ccccc2)csc1=NC[C@@H]1CCCO1. The van der Waals surface area contributed by atoms with E-state index >= 15 is 0 Å². The van der Waals surface area contributed by atoms with Crippen LogP contribution in [0.1, 0.15) is 23.3 Å². The Labute approximate surface area is 161 Å². The van der Waals surface area contributed by atoms with Crippen LogP contribution in [0.5, 0.6) is 0 Å². The molecule has 26 heavy (non-hydrogen) atoms. The van der Waals surface area contributed by atoms with Gasteiger partial charge in [0.05, 0.1) is 29.4 Å². The molecule has 1 atom stereocenters. The van der Waals surface area contributed by atoms with Gasteiger partial charge in [-0.2, -0.15) is 5.10 Å². The number of aryl methyl sites for hydroxylation is 1. The third-order valence-corrected chi connectivity index (χ3v) is 6.21. The lowest BCUT2D eigenvalue weighted by atomic mass is 10.2. The number of aromatic nitrogens is 1. The summed E-state index contributed by atoms with van der Waals surface area (Å²) in [6, 6.07) is 12.5. The summed E-state index contributed by atoms with van der Waals surface area (Å²) in [7, 11) is 0. The zero-order valence-corrected chi connectivity index (χ0v) is 16.3. The summed E-state index contributed by atoms with van der Waals surface area (Å²) in [6.07, 6.45) is 4.41. The smallest absolute Gasteiger partial charge is 0.206 e. The monoisotopic (exact) mass is 383 g/mol. The van der Waals surface area contributed by atoms with Gasteiger partial charge in [0.25, 0.3) is 0 Å². The maximum absolute atomic E-state index is 5.71. The number of benzene rings is 1. The molecule has 0 N–H and O–H groups in total. The third kappa shape index (κ3) is 3.87. The minimum atomic E-state index is 0.245. The Morgan fingerprint density at radius 1 is 1.23 bits per heavy atom. The molecule has 1 fully saturated rings. The highest BCUT2D eigenvalue weighted by Gasteiger charge is 2.15. The Bertz CT molecular complexity index is 947. The van der Waals surface area contributed by atoms with E-state index in [0.717, 1.165) is 35.5 Å². The molecule has 3 aromatic rings. The van der Waals surface area contributed by atoms with Gasteiger partial charge in [-0.1, -0.05) is 30.3 Å². The third-order valence-electron chi connectivity index (χ3n) is 4.40. The van der Waals surface area contributed by atoms with Crippen LogP contribution >= 0.6 is 22.7 Å². The number of rotatable bonds is 5. The van der Waals surface area contributed by atoms with E-state index in [9.17, 15) is 0 Å². The minimum absolute atomic E-state index is 0.245. The van der Waals surface area contributed by atoms with Crippen LogP contribution in [0, 0.1) is 6.92 Å². The molecule has 6 heteroatoms. The average Bonchev–Trinajstić information content (AvgIpc) is 3.40. The van der Waals surface area contributed by atoms with Crippen LogP contribution in [0.15, 0.2) is 57.3 Å². The van der Waals surface area contributed by atoms with Crippen molar-refractivity contribution in [3.8, 4) is 11.3 Å². The summed E-state index contributed by atoms with van der Waals surface area (Å²) in [6.45, 7) is 3.66. The number of ether oxygens (including phenoxy) is 1. The molecular weight excluding hydrogens is 362 g/mol. The van der Waals surface area contributed by atoms with E-state index in [-0.39, 0.29) is 6.10 Å². The molecule has 2 aromatic heterocycles. The molecule has 4 rings (SSSR count). The van der Waals surface area contributed by atoms with Crippen molar-refractivity contribution in [1.29, 1.82) is 0 Å². The van der Waals surface area contributed by atoms with E-state index in [0.29, 0.717) is 6.54 Å². The van der Waals surface area contributed by atoms with Gasteiger partial charge >= 0.3 is 0 Å². The number of thiophene rings is 1. The summed E-state index contributed by atoms with van der Waals surface area (Å²) in [4.78, 5) is 6.88. The Balaban J connectivity index is 1.71. The molecule has 0 aliphatic carbocycles. The lowest BCUT2D eigenvalue weighted by molar-refractivity contribution is 0.117. The number of hydrogen-bond donors (Lipinski definition) is 0. The van der Waals surface area contributed by atoms with Crippen molar-refractivity contribution < 1.29 is 4.74 Å². The van der Waals surface area contributed by atoms with E-state index < -0.39 is 0 Å². The molecule has 1 saturated heterocycles. The standard InChI is InChI=1S/C20H21N3OS2/c1-15-9-11-25-19(15)13-22-23-18(16-6-3-2-4-7-16)14-26-20(23)21-12-17-8-5-10-24-17/h2-4,6-7,9,11,13-14,17H,5,8,10,12H2,1H3/b21-20?,22-13-/t17-/m0/s1. The van der Waals surface area contributed by atoms with Crippen molar-refractivity contribution >= 4 is 28.9 Å². The predicted molar refractivity (Wildman–Crippen MR) is 109 cm³/mol. The second-order valence-electron chi connectivity index (χ2n) is 6.27. The van der Waals surface area contributed by atoms with Gasteiger partial charge in [0.2, 0.25) is 4.80 Å². The quantitative estimate of drug-likeness (QED) is 0.596. The van der Waals surface area contributed by atoms with Gasteiger partial charge in [-0.05, 0) is 36.8 Å². The van der Waals surface area contributed by atoms with Crippen LogP contribution in [0.2, 0.25) is 0 Å². The topological polar surface area (TPSA) is 38.9 Å². The van der Waals surface area contributed by atoms with Crippen LogP contribution in [0.25, 0.3) is 11.3 Å². The van der Waals surface area contributed by atoms with Gasteiger partial charge in [0, 0.05) is 17.6 Å². The first-order valence-electron chi connectivity index (χ1n) is 8.78. The van der Waals surface area contributed by atoms with Gasteiger partial charge in [-0.25, -0.2) is 4.68 Å². The fourth-order valence-electron chi connectivity index (χ4n) is 2.92. The summed E-state index contributed by atoms with van der Waals surface area (Å²) in [5.41, 5.74) is 3.45. The van der Waals surface area contributed by atoms with Gasteiger partial charge in [0.15, 0.2) is 0 Å².